The molecule has 0 bridgehead atoms. The normalized spacial score (nSPS) is 10.6. The van der Waals surface area contributed by atoms with E-state index in [0.717, 1.165) is 0 Å². The highest BCUT2D eigenvalue weighted by molar-refractivity contribution is 6.32. The van der Waals surface area contributed by atoms with Gasteiger partial charge in [-0.05, 0) is 37.3 Å². The van der Waals surface area contributed by atoms with Crippen molar-refractivity contribution < 1.29 is 18.7 Å². The maximum Gasteiger partial charge on any atom is 0.340 e. The van der Waals surface area contributed by atoms with E-state index in [1.54, 1.807) is 25.1 Å². The van der Waals surface area contributed by atoms with Gasteiger partial charge in [0, 0.05) is 17.6 Å². The number of nitrogens with one attached hydrogen (secondary N) is 1. The summed E-state index contributed by atoms with van der Waals surface area (Å²) in [6.07, 6.45) is 1.49. The molecule has 0 spiro atoms. The zero-order valence-electron chi connectivity index (χ0n) is 13.6. The van der Waals surface area contributed by atoms with Crippen LogP contribution in [0.5, 0.6) is 0 Å². The minimum absolute atomic E-state index is 0.133. The molecular formula is C18H13ClFN3O3. The van der Waals surface area contributed by atoms with Gasteiger partial charge in [-0.2, -0.15) is 0 Å². The summed E-state index contributed by atoms with van der Waals surface area (Å²) in [6, 6.07) is 8.81. The van der Waals surface area contributed by atoms with Crippen LogP contribution in [0.4, 0.5) is 10.1 Å². The van der Waals surface area contributed by atoms with Crippen molar-refractivity contribution in [2.24, 2.45) is 0 Å². The molecule has 3 aromatic rings. The number of hydrogen-bond donors (Lipinski definition) is 1. The Kier molecular flexibility index (Phi) is 5.09. The number of halogens is 2. The standard InChI is InChI=1S/C18H13ClFN3O3/c1-10-13(7-11-4-5-12(20)8-15(11)22-10)18(25)26-9-16(24)23-14-3-2-6-21-17(14)19/h2-8H,9H2,1H3,(H,23,24). The Bertz CT molecular complexity index is 1010. The number of anilines is 1. The third kappa shape index (κ3) is 3.94. The Balaban J connectivity index is 1.69. The van der Waals surface area contributed by atoms with E-state index in [2.05, 4.69) is 15.3 Å². The molecule has 1 aromatic carbocycles. The van der Waals surface area contributed by atoms with Gasteiger partial charge in [-0.3, -0.25) is 9.78 Å². The number of rotatable bonds is 4. The molecule has 0 fully saturated rings. The van der Waals surface area contributed by atoms with E-state index in [0.29, 0.717) is 22.3 Å². The average molecular weight is 374 g/mol. The summed E-state index contributed by atoms with van der Waals surface area (Å²) in [4.78, 5) is 32.2. The lowest BCUT2D eigenvalue weighted by Gasteiger charge is -2.09. The molecule has 0 saturated heterocycles. The lowest BCUT2D eigenvalue weighted by Crippen LogP contribution is -2.21. The molecule has 0 aliphatic heterocycles. The smallest absolute Gasteiger partial charge is 0.340 e. The van der Waals surface area contributed by atoms with Crippen LogP contribution in [0.15, 0.2) is 42.6 Å². The van der Waals surface area contributed by atoms with Crippen LogP contribution in [0.25, 0.3) is 10.9 Å². The Morgan fingerprint density at radius 1 is 1.27 bits per heavy atom. The van der Waals surface area contributed by atoms with Crippen LogP contribution < -0.4 is 5.32 Å². The van der Waals surface area contributed by atoms with Crippen LogP contribution in [-0.2, 0) is 9.53 Å². The second-order valence-corrected chi connectivity index (χ2v) is 5.78. The van der Waals surface area contributed by atoms with Gasteiger partial charge < -0.3 is 10.1 Å². The second-order valence-electron chi connectivity index (χ2n) is 5.42. The fourth-order valence-corrected chi connectivity index (χ4v) is 2.48. The molecule has 132 valence electrons. The van der Waals surface area contributed by atoms with E-state index < -0.39 is 24.3 Å². The fraction of sp³-hybridized carbons (Fsp3) is 0.111. The first-order valence-corrected chi connectivity index (χ1v) is 7.96. The highest BCUT2D eigenvalue weighted by Gasteiger charge is 2.15. The third-order valence-corrected chi connectivity index (χ3v) is 3.86. The third-order valence-electron chi connectivity index (χ3n) is 3.56. The molecule has 1 N–H and O–H groups in total. The van der Waals surface area contributed by atoms with E-state index in [1.165, 1.54) is 24.4 Å². The van der Waals surface area contributed by atoms with Gasteiger partial charge in [0.05, 0.1) is 22.5 Å². The van der Waals surface area contributed by atoms with Gasteiger partial charge >= 0.3 is 5.97 Å². The number of amides is 1. The predicted octanol–water partition coefficient (Wildman–Crippen LogP) is 3.53. The molecule has 0 radical (unpaired) electrons. The summed E-state index contributed by atoms with van der Waals surface area (Å²) in [5, 5.41) is 3.23. The molecule has 6 nitrogen and oxygen atoms in total. The van der Waals surface area contributed by atoms with Gasteiger partial charge in [-0.15, -0.1) is 0 Å². The maximum atomic E-state index is 13.3. The van der Waals surface area contributed by atoms with Gasteiger partial charge in [0.25, 0.3) is 5.91 Å². The number of aromatic nitrogens is 2. The summed E-state index contributed by atoms with van der Waals surface area (Å²) >= 11 is 5.85. The zero-order chi connectivity index (χ0) is 18.7. The summed E-state index contributed by atoms with van der Waals surface area (Å²) in [6.45, 7) is 1.11. The van der Waals surface area contributed by atoms with Crippen LogP contribution in [0.3, 0.4) is 0 Å². The van der Waals surface area contributed by atoms with Crippen molar-refractivity contribution in [3.8, 4) is 0 Å². The van der Waals surface area contributed by atoms with Crippen molar-refractivity contribution >= 4 is 40.1 Å². The quantitative estimate of drug-likeness (QED) is 0.559. The Hall–Kier alpha value is -3.06. The van der Waals surface area contributed by atoms with Crippen LogP contribution in [-0.4, -0.2) is 28.5 Å². The summed E-state index contributed by atoms with van der Waals surface area (Å²) in [5.41, 5.74) is 1.34. The first-order chi connectivity index (χ1) is 12.4. The van der Waals surface area contributed by atoms with Crippen molar-refractivity contribution in [1.82, 2.24) is 9.97 Å². The number of carbonyl (C=O) groups excluding carboxylic acids is 2. The molecule has 3 rings (SSSR count). The minimum atomic E-state index is -0.700. The van der Waals surface area contributed by atoms with Crippen LogP contribution >= 0.6 is 11.6 Å². The lowest BCUT2D eigenvalue weighted by molar-refractivity contribution is -0.119. The van der Waals surface area contributed by atoms with Gasteiger partial charge in [0.15, 0.2) is 11.8 Å². The average Bonchev–Trinajstić information content (AvgIpc) is 2.61. The van der Waals surface area contributed by atoms with Crippen molar-refractivity contribution in [2.75, 3.05) is 11.9 Å². The van der Waals surface area contributed by atoms with Gasteiger partial charge in [-0.25, -0.2) is 14.2 Å². The van der Waals surface area contributed by atoms with E-state index in [1.807, 2.05) is 0 Å². The van der Waals surface area contributed by atoms with E-state index in [4.69, 9.17) is 16.3 Å². The van der Waals surface area contributed by atoms with E-state index in [-0.39, 0.29) is 10.7 Å². The molecule has 0 aliphatic carbocycles. The Labute approximate surface area is 153 Å². The maximum absolute atomic E-state index is 13.3. The lowest BCUT2D eigenvalue weighted by atomic mass is 10.1. The largest absolute Gasteiger partial charge is 0.452 e. The van der Waals surface area contributed by atoms with Crippen LogP contribution in [0, 0.1) is 12.7 Å². The molecule has 8 heteroatoms. The first kappa shape index (κ1) is 17.8. The zero-order valence-corrected chi connectivity index (χ0v) is 14.4. The van der Waals surface area contributed by atoms with Crippen LogP contribution in [0.2, 0.25) is 5.15 Å². The number of ether oxygens (including phenoxy) is 1. The number of benzene rings is 1. The Morgan fingerprint density at radius 2 is 2.08 bits per heavy atom. The van der Waals surface area contributed by atoms with Crippen LogP contribution in [0.1, 0.15) is 16.1 Å². The summed E-state index contributed by atoms with van der Waals surface area (Å²) < 4.78 is 18.3. The molecule has 1 amide bonds. The van der Waals surface area contributed by atoms with Gasteiger partial charge in [0.2, 0.25) is 0 Å². The van der Waals surface area contributed by atoms with Crippen molar-refractivity contribution in [1.29, 1.82) is 0 Å². The van der Waals surface area contributed by atoms with E-state index >= 15 is 0 Å². The monoisotopic (exact) mass is 373 g/mol. The highest BCUT2D eigenvalue weighted by atomic mass is 35.5. The van der Waals surface area contributed by atoms with Crippen molar-refractivity contribution in [3.63, 3.8) is 0 Å². The summed E-state index contributed by atoms with van der Waals surface area (Å²) in [7, 11) is 0. The number of fused-ring (bicyclic) bond motifs is 1. The SMILES string of the molecule is Cc1nc2cc(F)ccc2cc1C(=O)OCC(=O)Nc1cccnc1Cl. The molecular weight excluding hydrogens is 361 g/mol. The number of nitrogens with zero attached hydrogens (tertiary/aromatic N) is 2. The Morgan fingerprint density at radius 3 is 2.85 bits per heavy atom. The molecule has 0 aliphatic rings. The fourth-order valence-electron chi connectivity index (χ4n) is 2.32. The van der Waals surface area contributed by atoms with Crippen molar-refractivity contribution in [2.45, 2.75) is 6.92 Å². The molecule has 2 aromatic heterocycles. The van der Waals surface area contributed by atoms with Gasteiger partial charge in [0.1, 0.15) is 5.82 Å². The predicted molar refractivity (Wildman–Crippen MR) is 94.6 cm³/mol. The van der Waals surface area contributed by atoms with Crippen molar-refractivity contribution in [3.05, 3.63) is 64.8 Å². The number of esters is 1. The van der Waals surface area contributed by atoms with Gasteiger partial charge in [-0.1, -0.05) is 11.6 Å². The molecule has 0 unspecified atom stereocenters. The molecule has 0 atom stereocenters. The number of aryl methyl sites for hydroxylation is 1. The molecule has 0 saturated carbocycles. The molecule has 26 heavy (non-hydrogen) atoms. The van der Waals surface area contributed by atoms with E-state index in [9.17, 15) is 14.0 Å². The molecule has 2 heterocycles. The second kappa shape index (κ2) is 7.45. The summed E-state index contributed by atoms with van der Waals surface area (Å²) in [5.74, 6) is -1.67. The number of carbonyl (C=O) groups is 2. The first-order valence-electron chi connectivity index (χ1n) is 7.58. The number of hydrogen-bond acceptors (Lipinski definition) is 5. The minimum Gasteiger partial charge on any atom is -0.452 e. The number of pyridine rings is 2. The topological polar surface area (TPSA) is 81.2 Å². The highest BCUT2D eigenvalue weighted by Crippen LogP contribution is 2.19.